The molecule has 0 N–H and O–H groups in total. The highest BCUT2D eigenvalue weighted by Gasteiger charge is 2.11. The van der Waals surface area contributed by atoms with Crippen LogP contribution in [0.4, 0.5) is 5.69 Å². The van der Waals surface area contributed by atoms with Crippen molar-refractivity contribution >= 4 is 11.5 Å². The van der Waals surface area contributed by atoms with Crippen molar-refractivity contribution in [2.24, 2.45) is 0 Å². The number of aromatic nitrogens is 1. The topological polar surface area (TPSA) is 82.2 Å². The number of carbonyl (C=O) groups is 1. The van der Waals surface area contributed by atoms with Crippen LogP contribution in [0.5, 0.6) is 0 Å². The van der Waals surface area contributed by atoms with E-state index >= 15 is 0 Å². The molecule has 0 spiro atoms. The molecule has 0 fully saturated rings. The number of Topliss-reactive ketones (excluding diaryl/α,β-unsaturated/α-hetero) is 1. The zero-order valence-electron chi connectivity index (χ0n) is 10.8. The molecule has 20 heavy (non-hydrogen) atoms. The van der Waals surface area contributed by atoms with Gasteiger partial charge in [0.15, 0.2) is 5.78 Å². The average molecular weight is 272 g/mol. The Hall–Kier alpha value is -2.76. The van der Waals surface area contributed by atoms with Crippen LogP contribution in [0.2, 0.25) is 0 Å². The van der Waals surface area contributed by atoms with Gasteiger partial charge in [-0.05, 0) is 6.92 Å². The second kappa shape index (κ2) is 5.48. The van der Waals surface area contributed by atoms with Crippen LogP contribution in [-0.4, -0.2) is 15.3 Å². The average Bonchev–Trinajstić information content (AvgIpc) is 2.41. The highest BCUT2D eigenvalue weighted by atomic mass is 16.6. The summed E-state index contributed by atoms with van der Waals surface area (Å²) in [7, 11) is 0. The van der Waals surface area contributed by atoms with E-state index in [9.17, 15) is 19.7 Å². The van der Waals surface area contributed by atoms with E-state index in [0.29, 0.717) is 5.56 Å². The molecule has 0 aliphatic carbocycles. The molecule has 1 aromatic heterocycles. The Bertz CT molecular complexity index is 717. The highest BCUT2D eigenvalue weighted by Crippen LogP contribution is 2.08. The van der Waals surface area contributed by atoms with Gasteiger partial charge in [-0.2, -0.15) is 0 Å². The largest absolute Gasteiger partial charge is 0.301 e. The van der Waals surface area contributed by atoms with Gasteiger partial charge in [0.2, 0.25) is 0 Å². The van der Waals surface area contributed by atoms with Gasteiger partial charge in [0.25, 0.3) is 11.2 Å². The van der Waals surface area contributed by atoms with Crippen molar-refractivity contribution in [3.8, 4) is 0 Å². The number of ketones is 1. The van der Waals surface area contributed by atoms with Crippen molar-refractivity contribution in [3.63, 3.8) is 0 Å². The Balaban J connectivity index is 2.27. The molecular weight excluding hydrogens is 260 g/mol. The number of benzene rings is 1. The fraction of sp³-hybridized carbons (Fsp3) is 0.143. The van der Waals surface area contributed by atoms with E-state index in [1.165, 1.54) is 0 Å². The Morgan fingerprint density at radius 2 is 1.85 bits per heavy atom. The fourth-order valence-corrected chi connectivity index (χ4v) is 1.74. The third-order valence-corrected chi connectivity index (χ3v) is 2.87. The molecule has 0 bridgehead atoms. The Labute approximate surface area is 114 Å². The van der Waals surface area contributed by atoms with E-state index in [0.717, 1.165) is 28.5 Å². The molecule has 0 atom stereocenters. The van der Waals surface area contributed by atoms with Crippen molar-refractivity contribution < 1.29 is 9.72 Å². The lowest BCUT2D eigenvalue weighted by molar-refractivity contribution is -0.385. The van der Waals surface area contributed by atoms with E-state index in [1.54, 1.807) is 24.3 Å². The van der Waals surface area contributed by atoms with Gasteiger partial charge in [0, 0.05) is 17.7 Å². The number of hydrogen-bond acceptors (Lipinski definition) is 4. The molecular formula is C14H12N2O4. The number of aryl methyl sites for hydroxylation is 1. The highest BCUT2D eigenvalue weighted by molar-refractivity contribution is 5.95. The molecule has 1 heterocycles. The summed E-state index contributed by atoms with van der Waals surface area (Å²) in [5.41, 5.74) is 0.820. The van der Waals surface area contributed by atoms with Crippen LogP contribution in [0.25, 0.3) is 0 Å². The third-order valence-electron chi connectivity index (χ3n) is 2.87. The molecule has 2 aromatic rings. The summed E-state index contributed by atoms with van der Waals surface area (Å²) in [6.45, 7) is 1.68. The lowest BCUT2D eigenvalue weighted by Crippen LogP contribution is -2.23. The van der Waals surface area contributed by atoms with Crippen molar-refractivity contribution in [1.82, 2.24) is 4.57 Å². The molecule has 0 amide bonds. The van der Waals surface area contributed by atoms with Crippen molar-refractivity contribution in [3.05, 3.63) is 74.2 Å². The van der Waals surface area contributed by atoms with E-state index in [-0.39, 0.29) is 18.0 Å². The van der Waals surface area contributed by atoms with E-state index in [2.05, 4.69) is 0 Å². The minimum absolute atomic E-state index is 0.219. The maximum absolute atomic E-state index is 12.0. The monoisotopic (exact) mass is 272 g/mol. The Kier molecular flexibility index (Phi) is 3.74. The normalized spacial score (nSPS) is 10.2. The smallest absolute Gasteiger partial charge is 0.285 e. The van der Waals surface area contributed by atoms with Gasteiger partial charge in [-0.15, -0.1) is 0 Å². The molecule has 6 nitrogen and oxygen atoms in total. The molecule has 1 aromatic carbocycles. The molecule has 2 rings (SSSR count). The van der Waals surface area contributed by atoms with Gasteiger partial charge in [-0.3, -0.25) is 19.7 Å². The fourth-order valence-electron chi connectivity index (χ4n) is 1.74. The maximum Gasteiger partial charge on any atom is 0.285 e. The van der Waals surface area contributed by atoms with Gasteiger partial charge < -0.3 is 4.57 Å². The molecule has 0 radical (unpaired) electrons. The predicted octanol–water partition coefficient (Wildman–Crippen LogP) is 1.95. The summed E-state index contributed by atoms with van der Waals surface area (Å²) in [6, 6.07) is 9.13. The minimum atomic E-state index is -0.605. The summed E-state index contributed by atoms with van der Waals surface area (Å²) in [5.74, 6) is -0.271. The second-order valence-electron chi connectivity index (χ2n) is 4.40. The molecule has 6 heteroatoms. The van der Waals surface area contributed by atoms with Gasteiger partial charge in [0.05, 0.1) is 17.7 Å². The van der Waals surface area contributed by atoms with Crippen LogP contribution < -0.4 is 5.56 Å². The van der Waals surface area contributed by atoms with Crippen LogP contribution in [0.3, 0.4) is 0 Å². The van der Waals surface area contributed by atoms with Crippen LogP contribution in [0, 0.1) is 17.0 Å². The van der Waals surface area contributed by atoms with Gasteiger partial charge >= 0.3 is 0 Å². The summed E-state index contributed by atoms with van der Waals surface area (Å²) in [6.07, 6.45) is 1.08. The molecule has 0 unspecified atom stereocenters. The van der Waals surface area contributed by atoms with Crippen molar-refractivity contribution in [1.29, 1.82) is 0 Å². The zero-order valence-corrected chi connectivity index (χ0v) is 10.8. The molecule has 0 saturated carbocycles. The van der Waals surface area contributed by atoms with E-state index in [4.69, 9.17) is 0 Å². The third kappa shape index (κ3) is 2.97. The number of hydrogen-bond donors (Lipinski definition) is 0. The number of nitro groups is 1. The molecule has 0 aliphatic heterocycles. The standard InChI is InChI=1S/C14H12N2O4/c1-10-2-4-11(5-3-10)13(17)9-15-8-12(16(19)20)6-7-14(15)18/h2-8H,9H2,1H3. The predicted molar refractivity (Wildman–Crippen MR) is 72.9 cm³/mol. The number of carbonyl (C=O) groups excluding carboxylic acids is 1. The summed E-state index contributed by atoms with van der Waals surface area (Å²) in [4.78, 5) is 33.7. The van der Waals surface area contributed by atoms with E-state index in [1.807, 2.05) is 6.92 Å². The van der Waals surface area contributed by atoms with Gasteiger partial charge in [-0.1, -0.05) is 29.8 Å². The number of rotatable bonds is 4. The summed E-state index contributed by atoms with van der Waals surface area (Å²) >= 11 is 0. The quantitative estimate of drug-likeness (QED) is 0.484. The first-order valence-electron chi connectivity index (χ1n) is 5.92. The Morgan fingerprint density at radius 3 is 2.45 bits per heavy atom. The maximum atomic E-state index is 12.0. The SMILES string of the molecule is Cc1ccc(C(=O)Cn2cc([N+](=O)[O-])ccc2=O)cc1. The van der Waals surface area contributed by atoms with Crippen LogP contribution in [0.1, 0.15) is 15.9 Å². The van der Waals surface area contributed by atoms with Crippen molar-refractivity contribution in [2.45, 2.75) is 13.5 Å². The minimum Gasteiger partial charge on any atom is -0.301 e. The Morgan fingerprint density at radius 1 is 1.20 bits per heavy atom. The summed E-state index contributed by atoms with van der Waals surface area (Å²) in [5, 5.41) is 10.7. The lowest BCUT2D eigenvalue weighted by Gasteiger charge is -2.05. The van der Waals surface area contributed by atoms with Crippen LogP contribution >= 0.6 is 0 Å². The van der Waals surface area contributed by atoms with Crippen molar-refractivity contribution in [2.75, 3.05) is 0 Å². The first-order chi connectivity index (χ1) is 9.47. The number of nitrogens with zero attached hydrogens (tertiary/aromatic N) is 2. The first-order valence-corrected chi connectivity index (χ1v) is 5.92. The first kappa shape index (κ1) is 13.7. The summed E-state index contributed by atoms with van der Waals surface area (Å²) < 4.78 is 1.04. The van der Waals surface area contributed by atoms with Crippen LogP contribution in [0.15, 0.2) is 47.4 Å². The molecule has 102 valence electrons. The second-order valence-corrected chi connectivity index (χ2v) is 4.40. The van der Waals surface area contributed by atoms with Gasteiger partial charge in [0.1, 0.15) is 0 Å². The van der Waals surface area contributed by atoms with Gasteiger partial charge in [-0.25, -0.2) is 0 Å². The lowest BCUT2D eigenvalue weighted by atomic mass is 10.1. The zero-order chi connectivity index (χ0) is 14.7. The van der Waals surface area contributed by atoms with Crippen LogP contribution in [-0.2, 0) is 6.54 Å². The molecule has 0 saturated heterocycles. The van der Waals surface area contributed by atoms with E-state index < -0.39 is 10.5 Å². The number of pyridine rings is 1. The molecule has 0 aliphatic rings.